The van der Waals surface area contributed by atoms with E-state index in [1.807, 2.05) is 40.9 Å². The molecule has 0 aliphatic heterocycles. The molecule has 1 saturated carbocycles. The van der Waals surface area contributed by atoms with Crippen LogP contribution in [0.15, 0.2) is 36.5 Å². The minimum atomic E-state index is 0.287. The van der Waals surface area contributed by atoms with Crippen LogP contribution in [0.25, 0.3) is 16.8 Å². The number of rotatable bonds is 4. The third kappa shape index (κ3) is 2.13. The van der Waals surface area contributed by atoms with E-state index in [1.165, 1.54) is 0 Å². The van der Waals surface area contributed by atoms with Crippen LogP contribution >= 0.6 is 0 Å². The number of nitrogens with zero attached hydrogens (tertiary/aromatic N) is 3. The third-order valence-corrected chi connectivity index (χ3v) is 3.75. The number of fused-ring (bicyclic) bond motifs is 1. The van der Waals surface area contributed by atoms with Gasteiger partial charge in [-0.3, -0.25) is 4.40 Å². The predicted octanol–water partition coefficient (Wildman–Crippen LogP) is 2.53. The Kier molecular flexibility index (Phi) is 2.89. The van der Waals surface area contributed by atoms with E-state index in [4.69, 9.17) is 15.2 Å². The van der Waals surface area contributed by atoms with Crippen LogP contribution in [-0.2, 0) is 0 Å². The Morgan fingerprint density at radius 3 is 2.86 bits per heavy atom. The van der Waals surface area contributed by atoms with Gasteiger partial charge in [0.15, 0.2) is 0 Å². The van der Waals surface area contributed by atoms with Crippen LogP contribution in [0.1, 0.15) is 12.8 Å². The molecular formula is C16H16N4O2. The minimum Gasteiger partial charge on any atom is -0.497 e. The number of hydrogen-bond acceptors (Lipinski definition) is 5. The Labute approximate surface area is 127 Å². The fraction of sp³-hybridized carbons (Fsp3) is 0.250. The number of aromatic nitrogens is 3. The van der Waals surface area contributed by atoms with Crippen LogP contribution < -0.4 is 15.2 Å². The maximum absolute atomic E-state index is 6.02. The van der Waals surface area contributed by atoms with Gasteiger partial charge in [0.2, 0.25) is 5.95 Å². The molecule has 2 heterocycles. The second-order valence-electron chi connectivity index (χ2n) is 5.35. The Balaban J connectivity index is 1.89. The van der Waals surface area contributed by atoms with Gasteiger partial charge in [0, 0.05) is 17.8 Å². The van der Waals surface area contributed by atoms with E-state index in [0.29, 0.717) is 5.95 Å². The van der Waals surface area contributed by atoms with E-state index in [2.05, 4.69) is 10.2 Å². The van der Waals surface area contributed by atoms with Gasteiger partial charge in [-0.2, -0.15) is 0 Å². The lowest BCUT2D eigenvalue weighted by atomic mass is 10.1. The summed E-state index contributed by atoms with van der Waals surface area (Å²) in [4.78, 5) is 0. The lowest BCUT2D eigenvalue weighted by molar-refractivity contribution is 0.302. The Bertz CT molecular complexity index is 839. The first-order valence-electron chi connectivity index (χ1n) is 7.20. The van der Waals surface area contributed by atoms with Gasteiger partial charge in [0.25, 0.3) is 0 Å². The summed E-state index contributed by atoms with van der Waals surface area (Å²) in [6, 6.07) is 9.62. The maximum atomic E-state index is 6.02. The van der Waals surface area contributed by atoms with Crippen molar-refractivity contribution in [3.8, 4) is 22.8 Å². The molecule has 1 aliphatic carbocycles. The number of anilines is 1. The topological polar surface area (TPSA) is 74.7 Å². The van der Waals surface area contributed by atoms with Crippen molar-refractivity contribution in [3.63, 3.8) is 0 Å². The third-order valence-electron chi connectivity index (χ3n) is 3.75. The molecule has 4 rings (SSSR count). The quantitative estimate of drug-likeness (QED) is 0.800. The number of methoxy groups -OCH3 is 1. The second-order valence-corrected chi connectivity index (χ2v) is 5.35. The Hall–Kier alpha value is -2.76. The highest BCUT2D eigenvalue weighted by Gasteiger charge is 2.26. The molecule has 0 radical (unpaired) electrons. The Morgan fingerprint density at radius 1 is 1.23 bits per heavy atom. The summed E-state index contributed by atoms with van der Waals surface area (Å²) in [6.07, 6.45) is 4.33. The summed E-state index contributed by atoms with van der Waals surface area (Å²) in [5.41, 5.74) is 8.40. The number of ether oxygens (including phenoxy) is 2. The van der Waals surface area contributed by atoms with Crippen molar-refractivity contribution in [2.24, 2.45) is 0 Å². The fourth-order valence-corrected chi connectivity index (χ4v) is 2.45. The SMILES string of the molecule is COc1ccc(-c2nnc(N)n3cccc23)c(OC2CC2)c1. The molecule has 1 aromatic carbocycles. The molecular weight excluding hydrogens is 280 g/mol. The number of nitrogens with two attached hydrogens (primary N) is 1. The normalized spacial score (nSPS) is 14.2. The highest BCUT2D eigenvalue weighted by atomic mass is 16.5. The zero-order valence-electron chi connectivity index (χ0n) is 12.2. The predicted molar refractivity (Wildman–Crippen MR) is 83.0 cm³/mol. The molecule has 0 saturated heterocycles. The zero-order chi connectivity index (χ0) is 15.1. The van der Waals surface area contributed by atoms with Crippen molar-refractivity contribution in [3.05, 3.63) is 36.5 Å². The summed E-state index contributed by atoms with van der Waals surface area (Å²) in [7, 11) is 1.64. The fourth-order valence-electron chi connectivity index (χ4n) is 2.45. The molecule has 2 N–H and O–H groups in total. The molecule has 0 bridgehead atoms. The average Bonchev–Trinajstić information content (AvgIpc) is 3.20. The summed E-state index contributed by atoms with van der Waals surface area (Å²) < 4.78 is 13.1. The van der Waals surface area contributed by atoms with Crippen LogP contribution in [-0.4, -0.2) is 27.8 Å². The molecule has 0 unspecified atom stereocenters. The number of hydrogen-bond donors (Lipinski definition) is 1. The van der Waals surface area contributed by atoms with Crippen molar-refractivity contribution >= 4 is 11.5 Å². The van der Waals surface area contributed by atoms with Crippen molar-refractivity contribution in [2.75, 3.05) is 12.8 Å². The molecule has 112 valence electrons. The van der Waals surface area contributed by atoms with Crippen molar-refractivity contribution in [1.82, 2.24) is 14.6 Å². The molecule has 1 aliphatic rings. The standard InChI is InChI=1S/C16H16N4O2/c1-21-11-6-7-12(14(9-11)22-10-4-5-10)15-13-3-2-8-20(13)16(17)19-18-15/h2-3,6-10H,4-5H2,1H3,(H2,17,19). The highest BCUT2D eigenvalue weighted by Crippen LogP contribution is 2.38. The number of nitrogen functional groups attached to an aromatic ring is 1. The van der Waals surface area contributed by atoms with Crippen LogP contribution in [0.4, 0.5) is 5.95 Å². The largest absolute Gasteiger partial charge is 0.497 e. The highest BCUT2D eigenvalue weighted by molar-refractivity contribution is 5.81. The molecule has 1 fully saturated rings. The zero-order valence-corrected chi connectivity index (χ0v) is 12.2. The first-order valence-corrected chi connectivity index (χ1v) is 7.20. The van der Waals surface area contributed by atoms with Gasteiger partial charge in [0.05, 0.1) is 18.7 Å². The van der Waals surface area contributed by atoms with Gasteiger partial charge in [-0.15, -0.1) is 10.2 Å². The van der Waals surface area contributed by atoms with E-state index >= 15 is 0 Å². The maximum Gasteiger partial charge on any atom is 0.225 e. The van der Waals surface area contributed by atoms with Crippen LogP contribution in [0.3, 0.4) is 0 Å². The molecule has 22 heavy (non-hydrogen) atoms. The average molecular weight is 296 g/mol. The number of benzene rings is 1. The van der Waals surface area contributed by atoms with Gasteiger partial charge < -0.3 is 15.2 Å². The first kappa shape index (κ1) is 12.9. The van der Waals surface area contributed by atoms with E-state index in [9.17, 15) is 0 Å². The second kappa shape index (κ2) is 4.91. The van der Waals surface area contributed by atoms with Gasteiger partial charge in [-0.05, 0) is 37.1 Å². The molecule has 6 nitrogen and oxygen atoms in total. The lowest BCUT2D eigenvalue weighted by Gasteiger charge is -2.13. The van der Waals surface area contributed by atoms with Crippen molar-refractivity contribution in [1.29, 1.82) is 0 Å². The van der Waals surface area contributed by atoms with Gasteiger partial charge in [-0.1, -0.05) is 0 Å². The molecule has 0 spiro atoms. The van der Waals surface area contributed by atoms with E-state index < -0.39 is 0 Å². The van der Waals surface area contributed by atoms with Gasteiger partial charge in [0.1, 0.15) is 17.2 Å². The van der Waals surface area contributed by atoms with Gasteiger partial charge >= 0.3 is 0 Å². The molecule has 6 heteroatoms. The van der Waals surface area contributed by atoms with Crippen molar-refractivity contribution in [2.45, 2.75) is 18.9 Å². The Morgan fingerprint density at radius 2 is 2.09 bits per heavy atom. The van der Waals surface area contributed by atoms with Crippen molar-refractivity contribution < 1.29 is 9.47 Å². The summed E-state index contributed by atoms with van der Waals surface area (Å²) in [6.45, 7) is 0. The smallest absolute Gasteiger partial charge is 0.225 e. The summed E-state index contributed by atoms with van der Waals surface area (Å²) >= 11 is 0. The summed E-state index contributed by atoms with van der Waals surface area (Å²) in [5.74, 6) is 1.89. The van der Waals surface area contributed by atoms with Crippen LogP contribution in [0.5, 0.6) is 11.5 Å². The monoisotopic (exact) mass is 296 g/mol. The first-order chi connectivity index (χ1) is 10.8. The molecule has 3 aromatic rings. The van der Waals surface area contributed by atoms with E-state index in [-0.39, 0.29) is 6.10 Å². The lowest BCUT2D eigenvalue weighted by Crippen LogP contribution is -2.05. The van der Waals surface area contributed by atoms with E-state index in [0.717, 1.165) is 41.1 Å². The van der Waals surface area contributed by atoms with Crippen LogP contribution in [0.2, 0.25) is 0 Å². The molecule has 2 aromatic heterocycles. The van der Waals surface area contributed by atoms with E-state index in [1.54, 1.807) is 7.11 Å². The molecule has 0 amide bonds. The summed E-state index contributed by atoms with van der Waals surface area (Å²) in [5, 5.41) is 8.31. The van der Waals surface area contributed by atoms with Crippen LogP contribution in [0, 0.1) is 0 Å². The minimum absolute atomic E-state index is 0.287. The molecule has 0 atom stereocenters. The van der Waals surface area contributed by atoms with Gasteiger partial charge in [-0.25, -0.2) is 0 Å².